The highest BCUT2D eigenvalue weighted by Crippen LogP contribution is 2.23. The number of halogens is 1. The van der Waals surface area contributed by atoms with Gasteiger partial charge in [0.1, 0.15) is 11.9 Å². The molecular weight excluding hydrogens is 401 g/mol. The van der Waals surface area contributed by atoms with Gasteiger partial charge in [0.05, 0.1) is 0 Å². The molecule has 0 saturated heterocycles. The molecule has 2 heterocycles. The Balaban J connectivity index is 1.44. The van der Waals surface area contributed by atoms with Crippen LogP contribution in [0.5, 0.6) is 0 Å². The fourth-order valence-corrected chi connectivity index (χ4v) is 3.04. The van der Waals surface area contributed by atoms with Crippen molar-refractivity contribution < 1.29 is 18.1 Å². The van der Waals surface area contributed by atoms with Crippen molar-refractivity contribution in [3.63, 3.8) is 0 Å². The predicted octanol–water partition coefficient (Wildman–Crippen LogP) is 3.71. The van der Waals surface area contributed by atoms with E-state index in [-0.39, 0.29) is 30.1 Å². The molecule has 2 aromatic carbocycles. The zero-order chi connectivity index (χ0) is 21.8. The summed E-state index contributed by atoms with van der Waals surface area (Å²) in [4.78, 5) is 16.7. The highest BCUT2D eigenvalue weighted by molar-refractivity contribution is 5.77. The average Bonchev–Trinajstić information content (AvgIpc) is 3.41. The summed E-state index contributed by atoms with van der Waals surface area (Å²) in [5.41, 5.74) is 2.18. The van der Waals surface area contributed by atoms with Crippen LogP contribution in [0.25, 0.3) is 11.5 Å². The van der Waals surface area contributed by atoms with Crippen molar-refractivity contribution >= 4 is 5.91 Å². The van der Waals surface area contributed by atoms with Crippen molar-refractivity contribution in [2.75, 3.05) is 0 Å². The SMILES string of the molecule is Cc1ccc(-c2nnc(CCC(=O)NC(c3noc(C)n3)c3ccccc3F)o2)cc1. The van der Waals surface area contributed by atoms with Crippen LogP contribution in [0.2, 0.25) is 0 Å². The second-order valence-corrected chi connectivity index (χ2v) is 7.06. The molecule has 4 rings (SSSR count). The molecule has 0 aliphatic carbocycles. The molecule has 0 bridgehead atoms. The molecule has 8 nitrogen and oxygen atoms in total. The molecule has 1 N–H and O–H groups in total. The summed E-state index contributed by atoms with van der Waals surface area (Å²) in [6.07, 6.45) is 0.303. The van der Waals surface area contributed by atoms with E-state index in [2.05, 4.69) is 25.7 Å². The second kappa shape index (κ2) is 8.86. The van der Waals surface area contributed by atoms with Gasteiger partial charge in [0.25, 0.3) is 0 Å². The lowest BCUT2D eigenvalue weighted by Gasteiger charge is -2.16. The molecule has 158 valence electrons. The van der Waals surface area contributed by atoms with Gasteiger partial charge in [0, 0.05) is 30.9 Å². The maximum Gasteiger partial charge on any atom is 0.247 e. The Bertz CT molecular complexity index is 1190. The Morgan fingerprint density at radius 3 is 2.58 bits per heavy atom. The molecule has 0 saturated carbocycles. The Labute approximate surface area is 177 Å². The van der Waals surface area contributed by atoms with Gasteiger partial charge in [-0.25, -0.2) is 4.39 Å². The zero-order valence-corrected chi connectivity index (χ0v) is 17.0. The average molecular weight is 421 g/mol. The monoisotopic (exact) mass is 421 g/mol. The fraction of sp³-hybridized carbons (Fsp3) is 0.227. The van der Waals surface area contributed by atoms with Gasteiger partial charge in [0.15, 0.2) is 5.82 Å². The molecule has 9 heteroatoms. The standard InChI is InChI=1S/C22H20FN5O3/c1-13-7-9-15(10-8-13)22-27-26-19(30-22)12-11-18(29)25-20(21-24-14(2)31-28-21)16-5-3-4-6-17(16)23/h3-10,20H,11-12H2,1-2H3,(H,25,29). The summed E-state index contributed by atoms with van der Waals surface area (Å²) in [6, 6.07) is 12.9. The number of nitrogens with zero attached hydrogens (tertiary/aromatic N) is 4. The molecule has 1 amide bonds. The first kappa shape index (κ1) is 20.4. The Kier molecular flexibility index (Phi) is 5.83. The third kappa shape index (κ3) is 4.82. The van der Waals surface area contributed by atoms with Crippen molar-refractivity contribution in [1.29, 1.82) is 0 Å². The van der Waals surface area contributed by atoms with Gasteiger partial charge < -0.3 is 14.3 Å². The van der Waals surface area contributed by atoms with Crippen LogP contribution in [0.15, 0.2) is 57.5 Å². The molecule has 4 aromatic rings. The van der Waals surface area contributed by atoms with Gasteiger partial charge in [0.2, 0.25) is 23.6 Å². The molecule has 0 fully saturated rings. The van der Waals surface area contributed by atoms with E-state index in [9.17, 15) is 9.18 Å². The highest BCUT2D eigenvalue weighted by Gasteiger charge is 2.24. The number of carbonyl (C=O) groups excluding carboxylic acids is 1. The van der Waals surface area contributed by atoms with E-state index in [1.165, 1.54) is 6.07 Å². The molecule has 0 radical (unpaired) electrons. The van der Waals surface area contributed by atoms with Gasteiger partial charge in [-0.15, -0.1) is 10.2 Å². The van der Waals surface area contributed by atoms with Crippen molar-refractivity contribution in [2.24, 2.45) is 0 Å². The Hall–Kier alpha value is -3.88. The van der Waals surface area contributed by atoms with E-state index >= 15 is 0 Å². The predicted molar refractivity (Wildman–Crippen MR) is 108 cm³/mol. The van der Waals surface area contributed by atoms with Gasteiger partial charge in [-0.2, -0.15) is 4.98 Å². The van der Waals surface area contributed by atoms with E-state index < -0.39 is 11.9 Å². The van der Waals surface area contributed by atoms with E-state index in [4.69, 9.17) is 8.94 Å². The van der Waals surface area contributed by atoms with Gasteiger partial charge in [-0.05, 0) is 25.1 Å². The largest absolute Gasteiger partial charge is 0.421 e. The quantitative estimate of drug-likeness (QED) is 0.485. The molecule has 1 unspecified atom stereocenters. The number of hydrogen-bond donors (Lipinski definition) is 1. The van der Waals surface area contributed by atoms with Crippen molar-refractivity contribution in [2.45, 2.75) is 32.7 Å². The number of benzene rings is 2. The zero-order valence-electron chi connectivity index (χ0n) is 17.0. The van der Waals surface area contributed by atoms with Gasteiger partial charge >= 0.3 is 0 Å². The first-order valence-electron chi connectivity index (χ1n) is 9.73. The number of carbonyl (C=O) groups is 1. The van der Waals surface area contributed by atoms with Crippen LogP contribution >= 0.6 is 0 Å². The van der Waals surface area contributed by atoms with Crippen LogP contribution in [-0.2, 0) is 11.2 Å². The molecule has 31 heavy (non-hydrogen) atoms. The smallest absolute Gasteiger partial charge is 0.247 e. The second-order valence-electron chi connectivity index (χ2n) is 7.06. The van der Waals surface area contributed by atoms with Crippen molar-refractivity contribution in [1.82, 2.24) is 25.7 Å². The van der Waals surface area contributed by atoms with Gasteiger partial charge in [-0.3, -0.25) is 4.79 Å². The molecule has 2 aromatic heterocycles. The van der Waals surface area contributed by atoms with E-state index in [1.807, 2.05) is 31.2 Å². The summed E-state index contributed by atoms with van der Waals surface area (Å²) in [5, 5.41) is 14.6. The third-order valence-corrected chi connectivity index (χ3v) is 4.65. The van der Waals surface area contributed by atoms with Crippen molar-refractivity contribution in [3.8, 4) is 11.5 Å². The lowest BCUT2D eigenvalue weighted by Crippen LogP contribution is -2.31. The summed E-state index contributed by atoms with van der Waals surface area (Å²) < 4.78 is 25.0. The molecule has 0 spiro atoms. The van der Waals surface area contributed by atoms with E-state index in [0.717, 1.165) is 11.1 Å². The van der Waals surface area contributed by atoms with Gasteiger partial charge in [-0.1, -0.05) is 41.1 Å². The molecule has 0 aliphatic heterocycles. The number of aryl methyl sites for hydroxylation is 3. The summed E-state index contributed by atoms with van der Waals surface area (Å²) in [7, 11) is 0. The Morgan fingerprint density at radius 1 is 1.10 bits per heavy atom. The Morgan fingerprint density at radius 2 is 1.87 bits per heavy atom. The molecule has 1 atom stereocenters. The minimum absolute atomic E-state index is 0.0668. The lowest BCUT2D eigenvalue weighted by molar-refractivity contribution is -0.121. The van der Waals surface area contributed by atoms with Crippen LogP contribution in [0.1, 0.15) is 41.2 Å². The first-order chi connectivity index (χ1) is 15.0. The normalized spacial score (nSPS) is 12.0. The van der Waals surface area contributed by atoms with Crippen LogP contribution in [0, 0.1) is 19.7 Å². The third-order valence-electron chi connectivity index (χ3n) is 4.65. The maximum absolute atomic E-state index is 14.4. The van der Waals surface area contributed by atoms with Crippen LogP contribution in [0.4, 0.5) is 4.39 Å². The number of rotatable bonds is 7. The van der Waals surface area contributed by atoms with Crippen LogP contribution in [0.3, 0.4) is 0 Å². The van der Waals surface area contributed by atoms with Crippen LogP contribution < -0.4 is 5.32 Å². The number of nitrogens with one attached hydrogen (secondary N) is 1. The summed E-state index contributed by atoms with van der Waals surface area (Å²) >= 11 is 0. The first-order valence-corrected chi connectivity index (χ1v) is 9.73. The van der Waals surface area contributed by atoms with E-state index in [1.54, 1.807) is 25.1 Å². The maximum atomic E-state index is 14.4. The molecule has 0 aliphatic rings. The van der Waals surface area contributed by atoms with Crippen LogP contribution in [-0.4, -0.2) is 26.2 Å². The fourth-order valence-electron chi connectivity index (χ4n) is 3.04. The summed E-state index contributed by atoms with van der Waals surface area (Å²) in [5.74, 6) is 0.404. The molecular formula is C22H20FN5O3. The topological polar surface area (TPSA) is 107 Å². The highest BCUT2D eigenvalue weighted by atomic mass is 19.1. The van der Waals surface area contributed by atoms with E-state index in [0.29, 0.717) is 17.7 Å². The summed E-state index contributed by atoms with van der Waals surface area (Å²) in [6.45, 7) is 3.62. The van der Waals surface area contributed by atoms with Crippen molar-refractivity contribution in [3.05, 3.63) is 83.1 Å². The minimum atomic E-state index is -0.878. The number of aromatic nitrogens is 4. The number of amides is 1. The number of hydrogen-bond acceptors (Lipinski definition) is 7. The minimum Gasteiger partial charge on any atom is -0.421 e. The lowest BCUT2D eigenvalue weighted by atomic mass is 10.1.